The van der Waals surface area contributed by atoms with Crippen molar-refractivity contribution in [3.63, 3.8) is 0 Å². The van der Waals surface area contributed by atoms with Crippen molar-refractivity contribution in [1.82, 2.24) is 9.55 Å². The van der Waals surface area contributed by atoms with Crippen molar-refractivity contribution in [2.24, 2.45) is 0 Å². The Labute approximate surface area is 278 Å². The standard InChI is InChI=1S/C37H39N3O8/c41-22-32-33(42)34(43)35(48-32)40-30-14-5-4-13-29(30)39-37(40)38-21-25-15-16-28(26-11-8-12-27(20-26)36(44)45)31(19-25)47-18-7-6-17-46-23-24-9-2-1-3-10-24/h1-5,8-16,19-20,32-35,41-43H,6-7,17-18,21-23H2,(H,38,39)(H,44,45)/t32-,33-,34-,35-/m1/s1. The van der Waals surface area contributed by atoms with Gasteiger partial charge in [0.2, 0.25) is 5.95 Å². The number of para-hydroxylation sites is 2. The molecule has 4 atom stereocenters. The first kappa shape index (κ1) is 33.1. The predicted octanol–water partition coefficient (Wildman–Crippen LogP) is 5.00. The number of hydrogen-bond acceptors (Lipinski definition) is 9. The fourth-order valence-corrected chi connectivity index (χ4v) is 5.81. The lowest BCUT2D eigenvalue weighted by atomic mass is 10.0. The quantitative estimate of drug-likeness (QED) is 0.0975. The molecule has 1 saturated heterocycles. The fraction of sp³-hybridized carbons (Fsp3) is 0.297. The lowest BCUT2D eigenvalue weighted by Gasteiger charge is -2.20. The number of hydrogen-bond donors (Lipinski definition) is 5. The van der Waals surface area contributed by atoms with E-state index in [4.69, 9.17) is 19.2 Å². The number of ether oxygens (including phenoxy) is 3. The average molecular weight is 654 g/mol. The fourth-order valence-electron chi connectivity index (χ4n) is 5.81. The Morgan fingerprint density at radius 3 is 2.46 bits per heavy atom. The van der Waals surface area contributed by atoms with E-state index in [1.54, 1.807) is 22.8 Å². The molecule has 5 aromatic rings. The molecule has 0 saturated carbocycles. The van der Waals surface area contributed by atoms with Gasteiger partial charge in [-0.2, -0.15) is 0 Å². The number of fused-ring (bicyclic) bond motifs is 1. The number of aromatic carboxylic acids is 1. The monoisotopic (exact) mass is 653 g/mol. The van der Waals surface area contributed by atoms with Crippen molar-refractivity contribution in [2.45, 2.75) is 50.5 Å². The van der Waals surface area contributed by atoms with Gasteiger partial charge in [0.05, 0.1) is 36.4 Å². The number of nitrogens with one attached hydrogen (secondary N) is 1. The summed E-state index contributed by atoms with van der Waals surface area (Å²) in [7, 11) is 0. The summed E-state index contributed by atoms with van der Waals surface area (Å²) in [6.45, 7) is 1.50. The summed E-state index contributed by atoms with van der Waals surface area (Å²) in [5.74, 6) is 0.0222. The first-order valence-electron chi connectivity index (χ1n) is 16.0. The molecule has 0 amide bonds. The zero-order chi connectivity index (χ0) is 33.5. The molecule has 0 aliphatic carbocycles. The van der Waals surface area contributed by atoms with Crippen LogP contribution in [0.15, 0.2) is 97.1 Å². The second kappa shape index (κ2) is 15.4. The highest BCUT2D eigenvalue weighted by molar-refractivity contribution is 5.90. The number of imidazole rings is 1. The molecule has 6 rings (SSSR count). The van der Waals surface area contributed by atoms with E-state index in [1.807, 2.05) is 78.9 Å². The highest BCUT2D eigenvalue weighted by atomic mass is 16.6. The van der Waals surface area contributed by atoms with Gasteiger partial charge in [0.15, 0.2) is 6.23 Å². The molecule has 1 fully saturated rings. The van der Waals surface area contributed by atoms with Crippen LogP contribution in [0.4, 0.5) is 5.95 Å². The van der Waals surface area contributed by atoms with E-state index in [9.17, 15) is 25.2 Å². The van der Waals surface area contributed by atoms with E-state index in [0.717, 1.165) is 35.1 Å². The van der Waals surface area contributed by atoms with E-state index < -0.39 is 37.1 Å². The van der Waals surface area contributed by atoms with Crippen LogP contribution in [0.25, 0.3) is 22.2 Å². The molecule has 11 nitrogen and oxygen atoms in total. The van der Waals surface area contributed by atoms with Crippen LogP contribution in [0.2, 0.25) is 0 Å². The molecule has 0 unspecified atom stereocenters. The Morgan fingerprint density at radius 2 is 1.67 bits per heavy atom. The number of anilines is 1. The Bertz CT molecular complexity index is 1830. The number of aliphatic hydroxyl groups excluding tert-OH is 3. The van der Waals surface area contributed by atoms with Crippen LogP contribution < -0.4 is 10.1 Å². The highest BCUT2D eigenvalue weighted by Crippen LogP contribution is 2.36. The Hall–Kier alpha value is -4.78. The predicted molar refractivity (Wildman–Crippen MR) is 180 cm³/mol. The lowest BCUT2D eigenvalue weighted by Crippen LogP contribution is -2.33. The molecular weight excluding hydrogens is 614 g/mol. The van der Waals surface area contributed by atoms with E-state index in [1.165, 1.54) is 0 Å². The Kier molecular flexibility index (Phi) is 10.6. The van der Waals surface area contributed by atoms with Gasteiger partial charge in [-0.3, -0.25) is 4.57 Å². The third kappa shape index (κ3) is 7.51. The summed E-state index contributed by atoms with van der Waals surface area (Å²) in [4.78, 5) is 16.4. The Morgan fingerprint density at radius 1 is 0.875 bits per heavy atom. The molecule has 250 valence electrons. The van der Waals surface area contributed by atoms with Crippen LogP contribution >= 0.6 is 0 Å². The topological polar surface area (TPSA) is 156 Å². The molecule has 1 aliphatic heterocycles. The van der Waals surface area contributed by atoms with Crippen LogP contribution in [-0.2, 0) is 22.6 Å². The number of aromatic nitrogens is 2. The largest absolute Gasteiger partial charge is 0.493 e. The summed E-state index contributed by atoms with van der Waals surface area (Å²) < 4.78 is 19.7. The van der Waals surface area contributed by atoms with Crippen molar-refractivity contribution < 1.29 is 39.4 Å². The lowest BCUT2D eigenvalue weighted by molar-refractivity contribution is -0.0499. The van der Waals surface area contributed by atoms with Gasteiger partial charge in [-0.25, -0.2) is 9.78 Å². The summed E-state index contributed by atoms with van der Waals surface area (Å²) in [6, 6.07) is 29.9. The maximum Gasteiger partial charge on any atom is 0.335 e. The molecule has 2 heterocycles. The summed E-state index contributed by atoms with van der Waals surface area (Å²) >= 11 is 0. The molecule has 5 N–H and O–H groups in total. The van der Waals surface area contributed by atoms with Crippen LogP contribution in [0.5, 0.6) is 5.75 Å². The average Bonchev–Trinajstić information content (AvgIpc) is 3.62. The van der Waals surface area contributed by atoms with Gasteiger partial charge in [0.1, 0.15) is 24.1 Å². The zero-order valence-corrected chi connectivity index (χ0v) is 26.3. The molecule has 1 aromatic heterocycles. The smallest absolute Gasteiger partial charge is 0.335 e. The highest BCUT2D eigenvalue weighted by Gasteiger charge is 2.44. The van der Waals surface area contributed by atoms with Crippen LogP contribution in [0, 0.1) is 0 Å². The van der Waals surface area contributed by atoms with Crippen molar-refractivity contribution in [1.29, 1.82) is 0 Å². The molecule has 0 spiro atoms. The van der Waals surface area contributed by atoms with Crippen LogP contribution in [0.1, 0.15) is 40.6 Å². The number of nitrogens with zero attached hydrogens (tertiary/aromatic N) is 2. The second-order valence-corrected chi connectivity index (χ2v) is 11.7. The van der Waals surface area contributed by atoms with Crippen molar-refractivity contribution in [3.05, 3.63) is 114 Å². The van der Waals surface area contributed by atoms with Gasteiger partial charge in [-0.05, 0) is 59.9 Å². The number of rotatable bonds is 15. The number of unbranched alkanes of at least 4 members (excludes halogenated alkanes) is 1. The van der Waals surface area contributed by atoms with Gasteiger partial charge in [0.25, 0.3) is 0 Å². The number of carboxylic acids is 1. The van der Waals surface area contributed by atoms with E-state index in [0.29, 0.717) is 49.1 Å². The van der Waals surface area contributed by atoms with Gasteiger partial charge in [-0.15, -0.1) is 0 Å². The van der Waals surface area contributed by atoms with Crippen LogP contribution in [-0.4, -0.2) is 74.1 Å². The normalized spacial score (nSPS) is 19.1. The SMILES string of the molecule is O=C(O)c1cccc(-c2ccc(CNc3nc4ccccc4n3[C@@H]3O[C@H](CO)[C@@H](O)[C@H]3O)cc2OCCCCOCc2ccccc2)c1. The van der Waals surface area contributed by atoms with Crippen molar-refractivity contribution in [2.75, 3.05) is 25.1 Å². The molecule has 1 aliphatic rings. The van der Waals surface area contributed by atoms with Gasteiger partial charge in [-0.1, -0.05) is 66.7 Å². The minimum absolute atomic E-state index is 0.184. The molecule has 0 bridgehead atoms. The molecular formula is C37H39N3O8. The summed E-state index contributed by atoms with van der Waals surface area (Å²) in [6.07, 6.45) is -2.84. The minimum atomic E-state index is -1.27. The summed E-state index contributed by atoms with van der Waals surface area (Å²) in [5.41, 5.74) is 5.03. The van der Waals surface area contributed by atoms with Gasteiger partial charge < -0.3 is 40.0 Å². The molecule has 4 aromatic carbocycles. The first-order valence-corrected chi connectivity index (χ1v) is 16.0. The molecule has 48 heavy (non-hydrogen) atoms. The maximum absolute atomic E-state index is 11.7. The number of carboxylic acid groups (broad SMARTS) is 1. The zero-order valence-electron chi connectivity index (χ0n) is 26.3. The van der Waals surface area contributed by atoms with Crippen molar-refractivity contribution >= 4 is 23.0 Å². The number of aliphatic hydroxyl groups is 3. The van der Waals surface area contributed by atoms with E-state index >= 15 is 0 Å². The number of benzene rings is 4. The second-order valence-electron chi connectivity index (χ2n) is 11.7. The van der Waals surface area contributed by atoms with Gasteiger partial charge in [0, 0.05) is 18.7 Å². The summed E-state index contributed by atoms with van der Waals surface area (Å²) in [5, 5.41) is 43.8. The van der Waals surface area contributed by atoms with Crippen molar-refractivity contribution in [3.8, 4) is 16.9 Å². The molecule has 0 radical (unpaired) electrons. The first-order chi connectivity index (χ1) is 23.4. The Balaban J connectivity index is 1.19. The maximum atomic E-state index is 11.7. The van der Waals surface area contributed by atoms with E-state index in [2.05, 4.69) is 5.32 Å². The third-order valence-corrected chi connectivity index (χ3v) is 8.34. The minimum Gasteiger partial charge on any atom is -0.493 e. The van der Waals surface area contributed by atoms with E-state index in [-0.39, 0.29) is 5.56 Å². The number of carbonyl (C=O) groups is 1. The third-order valence-electron chi connectivity index (χ3n) is 8.34. The molecule has 11 heteroatoms. The van der Waals surface area contributed by atoms with Crippen LogP contribution in [0.3, 0.4) is 0 Å². The van der Waals surface area contributed by atoms with Gasteiger partial charge >= 0.3 is 5.97 Å².